The van der Waals surface area contributed by atoms with Gasteiger partial charge in [0.1, 0.15) is 11.1 Å². The number of nitriles is 1. The molecule has 0 aliphatic heterocycles. The molecule has 1 aromatic rings. The van der Waals surface area contributed by atoms with Crippen LogP contribution in [0.15, 0.2) is 0 Å². The number of halogens is 1. The van der Waals surface area contributed by atoms with Gasteiger partial charge in [-0.2, -0.15) is 5.26 Å². The third-order valence-electron chi connectivity index (χ3n) is 3.11. The van der Waals surface area contributed by atoms with E-state index in [1.165, 1.54) is 4.88 Å². The van der Waals surface area contributed by atoms with Gasteiger partial charge in [0, 0.05) is 4.88 Å². The lowest BCUT2D eigenvalue weighted by Gasteiger charge is -2.13. The van der Waals surface area contributed by atoms with Crippen LogP contribution in [0.1, 0.15) is 36.3 Å². The molecule has 1 heterocycles. The molecule has 96 valence electrons. The molecule has 18 heavy (non-hydrogen) atoms. The van der Waals surface area contributed by atoms with Crippen molar-refractivity contribution in [2.24, 2.45) is 5.92 Å². The molecule has 0 aromatic carbocycles. The molecule has 0 fully saturated rings. The van der Waals surface area contributed by atoms with E-state index in [9.17, 15) is 10.1 Å². The van der Waals surface area contributed by atoms with Crippen LogP contribution in [0.25, 0.3) is 0 Å². The molecule has 0 radical (unpaired) electrons. The van der Waals surface area contributed by atoms with E-state index in [2.05, 4.69) is 27.3 Å². The second-order valence-electron chi connectivity index (χ2n) is 4.81. The van der Waals surface area contributed by atoms with Crippen LogP contribution < -0.4 is 5.32 Å². The smallest absolute Gasteiger partial charge is 0.239 e. The fourth-order valence-corrected chi connectivity index (χ4v) is 3.45. The molecule has 0 saturated carbocycles. The maximum atomic E-state index is 12.0. The van der Waals surface area contributed by atoms with Crippen molar-refractivity contribution < 1.29 is 4.79 Å². The number of hydrogen-bond donors (Lipinski definition) is 1. The van der Waals surface area contributed by atoms with Gasteiger partial charge in [-0.25, -0.2) is 0 Å². The Morgan fingerprint density at radius 2 is 2.22 bits per heavy atom. The van der Waals surface area contributed by atoms with Crippen molar-refractivity contribution in [1.29, 1.82) is 5.26 Å². The van der Waals surface area contributed by atoms with E-state index < -0.39 is 0 Å². The monoisotopic (exact) mass is 326 g/mol. The Bertz CT molecular complexity index is 516. The summed E-state index contributed by atoms with van der Waals surface area (Å²) in [5.41, 5.74) is 1.82. The molecule has 0 spiro atoms. The van der Waals surface area contributed by atoms with Crippen LogP contribution in [0.4, 0.5) is 5.00 Å². The number of carbonyl (C=O) groups is 1. The molecule has 1 aliphatic carbocycles. The first-order valence-corrected chi connectivity index (χ1v) is 7.77. The molecule has 1 aromatic heterocycles. The highest BCUT2D eigenvalue weighted by Crippen LogP contribution is 2.38. The average molecular weight is 327 g/mol. The average Bonchev–Trinajstić information content (AvgIpc) is 2.87. The molecule has 1 atom stereocenters. The number of alkyl halides is 1. The fourth-order valence-electron chi connectivity index (χ4n) is 2.09. The number of nitrogens with one attached hydrogen (secondary N) is 1. The van der Waals surface area contributed by atoms with Crippen molar-refractivity contribution in [1.82, 2.24) is 0 Å². The van der Waals surface area contributed by atoms with E-state index >= 15 is 0 Å². The summed E-state index contributed by atoms with van der Waals surface area (Å²) < 4.78 is 0. The van der Waals surface area contributed by atoms with Crippen molar-refractivity contribution >= 4 is 38.2 Å². The summed E-state index contributed by atoms with van der Waals surface area (Å²) in [4.78, 5) is 13.0. The molecular formula is C13H15BrN2OS. The largest absolute Gasteiger partial charge is 0.316 e. The Hall–Kier alpha value is -0.860. The zero-order chi connectivity index (χ0) is 13.3. The highest BCUT2D eigenvalue weighted by Gasteiger charge is 2.25. The van der Waals surface area contributed by atoms with Gasteiger partial charge in [-0.05, 0) is 30.7 Å². The van der Waals surface area contributed by atoms with E-state index in [4.69, 9.17) is 0 Å². The van der Waals surface area contributed by atoms with Gasteiger partial charge in [0.05, 0.1) is 10.4 Å². The maximum Gasteiger partial charge on any atom is 0.239 e. The van der Waals surface area contributed by atoms with Gasteiger partial charge in [0.25, 0.3) is 0 Å². The van der Waals surface area contributed by atoms with Crippen LogP contribution in [0, 0.1) is 17.2 Å². The molecule has 0 saturated heterocycles. The molecule has 5 heteroatoms. The Morgan fingerprint density at radius 3 is 2.83 bits per heavy atom. The Balaban J connectivity index is 2.21. The summed E-state index contributed by atoms with van der Waals surface area (Å²) in [5.74, 6) is 0.156. The van der Waals surface area contributed by atoms with Crippen LogP contribution in [-0.4, -0.2) is 10.7 Å². The number of amides is 1. The number of rotatable bonds is 3. The van der Waals surface area contributed by atoms with Crippen molar-refractivity contribution in [2.45, 2.75) is 37.9 Å². The van der Waals surface area contributed by atoms with Gasteiger partial charge < -0.3 is 5.32 Å². The molecular weight excluding hydrogens is 312 g/mol. The number of anilines is 1. The SMILES string of the molecule is CC(C)C(Br)C(=O)Nc1sc2c(c1C#N)CCC2. The third-order valence-corrected chi connectivity index (χ3v) is 5.79. The van der Waals surface area contributed by atoms with Crippen LogP contribution in [0.3, 0.4) is 0 Å². The lowest BCUT2D eigenvalue weighted by Crippen LogP contribution is -2.26. The highest BCUT2D eigenvalue weighted by molar-refractivity contribution is 9.10. The molecule has 1 aliphatic rings. The lowest BCUT2D eigenvalue weighted by atomic mass is 10.1. The number of hydrogen-bond acceptors (Lipinski definition) is 3. The number of thiophene rings is 1. The van der Waals surface area contributed by atoms with Crippen molar-refractivity contribution in [2.75, 3.05) is 5.32 Å². The minimum Gasteiger partial charge on any atom is -0.316 e. The molecule has 2 rings (SSSR count). The second-order valence-corrected chi connectivity index (χ2v) is 6.90. The lowest BCUT2D eigenvalue weighted by molar-refractivity contribution is -0.116. The van der Waals surface area contributed by atoms with Crippen LogP contribution in [-0.2, 0) is 17.6 Å². The van der Waals surface area contributed by atoms with E-state index in [0.29, 0.717) is 5.56 Å². The number of carbonyl (C=O) groups excluding carboxylic acids is 1. The molecule has 0 bridgehead atoms. The van der Waals surface area contributed by atoms with Gasteiger partial charge in [-0.3, -0.25) is 4.79 Å². The first-order chi connectivity index (χ1) is 8.54. The number of fused-ring (bicyclic) bond motifs is 1. The van der Waals surface area contributed by atoms with Gasteiger partial charge >= 0.3 is 0 Å². The molecule has 3 nitrogen and oxygen atoms in total. The summed E-state index contributed by atoms with van der Waals surface area (Å²) >= 11 is 4.93. The minimum absolute atomic E-state index is 0.0681. The summed E-state index contributed by atoms with van der Waals surface area (Å²) in [6, 6.07) is 2.23. The second kappa shape index (κ2) is 5.41. The summed E-state index contributed by atoms with van der Waals surface area (Å²) in [6.45, 7) is 3.97. The molecule has 1 unspecified atom stereocenters. The van der Waals surface area contributed by atoms with Gasteiger partial charge in [-0.1, -0.05) is 29.8 Å². The summed E-state index contributed by atoms with van der Waals surface area (Å²) in [5, 5.41) is 12.8. The Labute approximate surface area is 119 Å². The summed E-state index contributed by atoms with van der Waals surface area (Å²) in [7, 11) is 0. The van der Waals surface area contributed by atoms with Crippen molar-refractivity contribution in [3.63, 3.8) is 0 Å². The highest BCUT2D eigenvalue weighted by atomic mass is 79.9. The van der Waals surface area contributed by atoms with E-state index in [0.717, 1.165) is 29.8 Å². The standard InChI is InChI=1S/C13H15BrN2OS/c1-7(2)11(14)12(17)16-13-9(6-15)8-4-3-5-10(8)18-13/h7,11H,3-5H2,1-2H3,(H,16,17). The first-order valence-electron chi connectivity index (χ1n) is 6.04. The predicted octanol–water partition coefficient (Wildman–Crippen LogP) is 3.47. The topological polar surface area (TPSA) is 52.9 Å². The maximum absolute atomic E-state index is 12.0. The normalized spacial score (nSPS) is 15.3. The van der Waals surface area contributed by atoms with E-state index in [1.54, 1.807) is 11.3 Å². The first kappa shape index (κ1) is 13.6. The number of aryl methyl sites for hydroxylation is 1. The molecule has 1 N–H and O–H groups in total. The predicted molar refractivity (Wildman–Crippen MR) is 77.2 cm³/mol. The summed E-state index contributed by atoms with van der Waals surface area (Å²) in [6.07, 6.45) is 3.12. The quantitative estimate of drug-likeness (QED) is 0.864. The van der Waals surface area contributed by atoms with Gasteiger partial charge in [0.2, 0.25) is 5.91 Å². The van der Waals surface area contributed by atoms with Crippen LogP contribution >= 0.6 is 27.3 Å². The minimum atomic E-state index is -0.221. The van der Waals surface area contributed by atoms with E-state index in [-0.39, 0.29) is 16.7 Å². The fraction of sp³-hybridized carbons (Fsp3) is 0.538. The van der Waals surface area contributed by atoms with E-state index in [1.807, 2.05) is 13.8 Å². The number of nitrogens with zero attached hydrogens (tertiary/aromatic N) is 1. The van der Waals surface area contributed by atoms with Crippen molar-refractivity contribution in [3.05, 3.63) is 16.0 Å². The van der Waals surface area contributed by atoms with Crippen LogP contribution in [0.5, 0.6) is 0 Å². The van der Waals surface area contributed by atoms with Crippen molar-refractivity contribution in [3.8, 4) is 6.07 Å². The zero-order valence-electron chi connectivity index (χ0n) is 10.4. The third kappa shape index (κ3) is 2.45. The van der Waals surface area contributed by atoms with Gasteiger partial charge in [-0.15, -0.1) is 11.3 Å². The zero-order valence-corrected chi connectivity index (χ0v) is 12.8. The molecule has 1 amide bonds. The Kier molecular flexibility index (Phi) is 4.08. The van der Waals surface area contributed by atoms with Gasteiger partial charge in [0.15, 0.2) is 0 Å². The van der Waals surface area contributed by atoms with Crippen LogP contribution in [0.2, 0.25) is 0 Å². The Morgan fingerprint density at radius 1 is 1.50 bits per heavy atom.